The SMILES string of the molecule is CC(OC(=O)c1ccc(C(N)=O)cc1)c1nc2ccccc2n1C. The van der Waals surface area contributed by atoms with Crippen LogP contribution in [-0.2, 0) is 11.8 Å². The van der Waals surface area contributed by atoms with Gasteiger partial charge >= 0.3 is 5.97 Å². The largest absolute Gasteiger partial charge is 0.451 e. The van der Waals surface area contributed by atoms with Gasteiger partial charge < -0.3 is 15.0 Å². The van der Waals surface area contributed by atoms with E-state index in [0.29, 0.717) is 17.0 Å². The second-order valence-corrected chi connectivity index (χ2v) is 5.51. The lowest BCUT2D eigenvalue weighted by Crippen LogP contribution is -2.14. The van der Waals surface area contributed by atoms with Crippen LogP contribution in [0, 0.1) is 0 Å². The van der Waals surface area contributed by atoms with Gasteiger partial charge in [-0.3, -0.25) is 4.79 Å². The third kappa shape index (κ3) is 2.86. The zero-order valence-corrected chi connectivity index (χ0v) is 13.4. The summed E-state index contributed by atoms with van der Waals surface area (Å²) in [6.07, 6.45) is -0.509. The van der Waals surface area contributed by atoms with Crippen LogP contribution in [0.3, 0.4) is 0 Å². The number of esters is 1. The quantitative estimate of drug-likeness (QED) is 0.748. The number of primary amides is 1. The van der Waals surface area contributed by atoms with Gasteiger partial charge in [0.1, 0.15) is 0 Å². The van der Waals surface area contributed by atoms with Crippen molar-refractivity contribution in [3.05, 3.63) is 65.5 Å². The lowest BCUT2D eigenvalue weighted by Gasteiger charge is -2.13. The fourth-order valence-corrected chi connectivity index (χ4v) is 2.58. The molecule has 2 aromatic carbocycles. The summed E-state index contributed by atoms with van der Waals surface area (Å²) in [6, 6.07) is 13.8. The molecule has 0 bridgehead atoms. The highest BCUT2D eigenvalue weighted by atomic mass is 16.5. The fourth-order valence-electron chi connectivity index (χ4n) is 2.58. The molecule has 0 saturated carbocycles. The minimum Gasteiger partial charge on any atom is -0.451 e. The normalized spacial score (nSPS) is 12.1. The van der Waals surface area contributed by atoms with E-state index in [1.807, 2.05) is 35.9 Å². The number of ether oxygens (including phenoxy) is 1. The molecule has 0 radical (unpaired) electrons. The molecule has 1 aromatic heterocycles. The number of amides is 1. The maximum Gasteiger partial charge on any atom is 0.338 e. The van der Waals surface area contributed by atoms with Gasteiger partial charge in [-0.05, 0) is 43.3 Å². The highest BCUT2D eigenvalue weighted by Crippen LogP contribution is 2.22. The molecule has 0 aliphatic rings. The second kappa shape index (κ2) is 6.16. The molecule has 0 spiro atoms. The Bertz CT molecular complexity index is 913. The molecule has 24 heavy (non-hydrogen) atoms. The maximum absolute atomic E-state index is 12.3. The third-order valence-electron chi connectivity index (χ3n) is 3.87. The molecule has 1 atom stereocenters. The topological polar surface area (TPSA) is 87.2 Å². The zero-order chi connectivity index (χ0) is 17.3. The van der Waals surface area contributed by atoms with Crippen LogP contribution in [0.4, 0.5) is 0 Å². The van der Waals surface area contributed by atoms with Crippen LogP contribution in [0.15, 0.2) is 48.5 Å². The second-order valence-electron chi connectivity index (χ2n) is 5.51. The van der Waals surface area contributed by atoms with E-state index >= 15 is 0 Å². The number of nitrogens with two attached hydrogens (primary N) is 1. The number of rotatable bonds is 4. The van der Waals surface area contributed by atoms with Gasteiger partial charge in [-0.2, -0.15) is 0 Å². The van der Waals surface area contributed by atoms with Gasteiger partial charge in [0.2, 0.25) is 5.91 Å². The third-order valence-corrected chi connectivity index (χ3v) is 3.87. The molecule has 0 aliphatic carbocycles. The van der Waals surface area contributed by atoms with Gasteiger partial charge in [0.25, 0.3) is 0 Å². The van der Waals surface area contributed by atoms with E-state index in [1.165, 1.54) is 24.3 Å². The number of carbonyl (C=O) groups is 2. The van der Waals surface area contributed by atoms with E-state index in [0.717, 1.165) is 11.0 Å². The fraction of sp³-hybridized carbons (Fsp3) is 0.167. The molecule has 6 nitrogen and oxygen atoms in total. The summed E-state index contributed by atoms with van der Waals surface area (Å²) in [7, 11) is 1.89. The Morgan fingerprint density at radius 2 is 1.71 bits per heavy atom. The summed E-state index contributed by atoms with van der Waals surface area (Å²) >= 11 is 0. The molecule has 3 aromatic rings. The van der Waals surface area contributed by atoms with Crippen molar-refractivity contribution in [1.29, 1.82) is 0 Å². The summed E-state index contributed by atoms with van der Waals surface area (Å²) < 4.78 is 7.40. The summed E-state index contributed by atoms with van der Waals surface area (Å²) in [5.41, 5.74) is 7.70. The Morgan fingerprint density at radius 1 is 1.08 bits per heavy atom. The lowest BCUT2D eigenvalue weighted by molar-refractivity contribution is 0.0315. The highest BCUT2D eigenvalue weighted by molar-refractivity contribution is 5.95. The van der Waals surface area contributed by atoms with Gasteiger partial charge in [0.05, 0.1) is 16.6 Å². The molecule has 1 amide bonds. The van der Waals surface area contributed by atoms with Gasteiger partial charge in [-0.15, -0.1) is 0 Å². The van der Waals surface area contributed by atoms with Crippen LogP contribution in [0.2, 0.25) is 0 Å². The Morgan fingerprint density at radius 3 is 2.33 bits per heavy atom. The number of aryl methyl sites for hydroxylation is 1. The predicted octanol–water partition coefficient (Wildman–Crippen LogP) is 2.59. The number of hydrogen-bond donors (Lipinski definition) is 1. The summed E-state index contributed by atoms with van der Waals surface area (Å²) in [6.45, 7) is 1.77. The van der Waals surface area contributed by atoms with Crippen molar-refractivity contribution in [3.63, 3.8) is 0 Å². The van der Waals surface area contributed by atoms with E-state index in [2.05, 4.69) is 4.98 Å². The van der Waals surface area contributed by atoms with Crippen LogP contribution >= 0.6 is 0 Å². The smallest absolute Gasteiger partial charge is 0.338 e. The summed E-state index contributed by atoms with van der Waals surface area (Å²) in [5, 5.41) is 0. The first-order chi connectivity index (χ1) is 11.5. The first kappa shape index (κ1) is 15.7. The molecule has 1 unspecified atom stereocenters. The van der Waals surface area contributed by atoms with Gasteiger partial charge in [-0.25, -0.2) is 9.78 Å². The Kier molecular flexibility index (Phi) is 4.04. The zero-order valence-electron chi connectivity index (χ0n) is 13.4. The van der Waals surface area contributed by atoms with Crippen LogP contribution < -0.4 is 5.73 Å². The monoisotopic (exact) mass is 323 g/mol. The van der Waals surface area contributed by atoms with E-state index in [4.69, 9.17) is 10.5 Å². The average molecular weight is 323 g/mol. The number of nitrogens with zero attached hydrogens (tertiary/aromatic N) is 2. The van der Waals surface area contributed by atoms with Crippen molar-refractivity contribution in [1.82, 2.24) is 9.55 Å². The molecule has 6 heteroatoms. The van der Waals surface area contributed by atoms with Crippen molar-refractivity contribution in [2.24, 2.45) is 12.8 Å². The molecular formula is C18H17N3O3. The number of aromatic nitrogens is 2. The van der Waals surface area contributed by atoms with Gasteiger partial charge in [0.15, 0.2) is 11.9 Å². The Balaban J connectivity index is 1.80. The predicted molar refractivity (Wildman–Crippen MR) is 89.5 cm³/mol. The van der Waals surface area contributed by atoms with Crippen molar-refractivity contribution in [3.8, 4) is 0 Å². The van der Waals surface area contributed by atoms with Crippen molar-refractivity contribution in [2.45, 2.75) is 13.0 Å². The number of para-hydroxylation sites is 2. The first-order valence-corrected chi connectivity index (χ1v) is 7.49. The van der Waals surface area contributed by atoms with E-state index in [9.17, 15) is 9.59 Å². The number of carbonyl (C=O) groups excluding carboxylic acids is 2. The van der Waals surface area contributed by atoms with E-state index in [-0.39, 0.29) is 0 Å². The Labute approximate surface area is 138 Å². The molecule has 0 aliphatic heterocycles. The average Bonchev–Trinajstić information content (AvgIpc) is 2.92. The molecule has 3 rings (SSSR count). The first-order valence-electron chi connectivity index (χ1n) is 7.49. The number of benzene rings is 2. The van der Waals surface area contributed by atoms with Crippen LogP contribution in [0.5, 0.6) is 0 Å². The van der Waals surface area contributed by atoms with Gasteiger partial charge in [-0.1, -0.05) is 12.1 Å². The number of imidazole rings is 1. The maximum atomic E-state index is 12.3. The minimum atomic E-state index is -0.539. The minimum absolute atomic E-state index is 0.343. The van der Waals surface area contributed by atoms with Crippen LogP contribution in [0.25, 0.3) is 11.0 Å². The van der Waals surface area contributed by atoms with Crippen molar-refractivity contribution >= 4 is 22.9 Å². The molecule has 1 heterocycles. The van der Waals surface area contributed by atoms with Crippen molar-refractivity contribution < 1.29 is 14.3 Å². The molecular weight excluding hydrogens is 306 g/mol. The van der Waals surface area contributed by atoms with Crippen molar-refractivity contribution in [2.75, 3.05) is 0 Å². The molecule has 0 saturated heterocycles. The summed E-state index contributed by atoms with van der Waals surface area (Å²) in [4.78, 5) is 27.8. The van der Waals surface area contributed by atoms with E-state index < -0.39 is 18.0 Å². The Hall–Kier alpha value is -3.15. The molecule has 122 valence electrons. The number of hydrogen-bond acceptors (Lipinski definition) is 4. The highest BCUT2D eigenvalue weighted by Gasteiger charge is 2.19. The standard InChI is InChI=1S/C18H17N3O3/c1-11(17-20-14-5-3-4-6-15(14)21(17)2)24-18(23)13-9-7-12(8-10-13)16(19)22/h3-11H,1-2H3,(H2,19,22). The van der Waals surface area contributed by atoms with E-state index in [1.54, 1.807) is 6.92 Å². The van der Waals surface area contributed by atoms with Crippen LogP contribution in [0.1, 0.15) is 39.6 Å². The van der Waals surface area contributed by atoms with Gasteiger partial charge in [0, 0.05) is 12.6 Å². The summed E-state index contributed by atoms with van der Waals surface area (Å²) in [5.74, 6) is -0.355. The molecule has 2 N–H and O–H groups in total. The van der Waals surface area contributed by atoms with Crippen LogP contribution in [-0.4, -0.2) is 21.4 Å². The lowest BCUT2D eigenvalue weighted by atomic mass is 10.1. The molecule has 0 fully saturated rings. The number of fused-ring (bicyclic) bond motifs is 1.